The molecule has 0 aromatic rings. The molecule has 0 radical (unpaired) electrons. The minimum Gasteiger partial charge on any atom is -0.469 e. The van der Waals surface area contributed by atoms with Crippen LogP contribution < -0.4 is 0 Å². The Bertz CT molecular complexity index is 188. The molecule has 13 heavy (non-hydrogen) atoms. The van der Waals surface area contributed by atoms with Crippen LogP contribution in [0.2, 0.25) is 0 Å². The first-order valence-corrected chi connectivity index (χ1v) is 4.89. The molecule has 1 saturated heterocycles. The summed E-state index contributed by atoms with van der Waals surface area (Å²) in [5.41, 5.74) is 0. The molecule has 5 heteroatoms. The van der Waals surface area contributed by atoms with Crippen LogP contribution in [-0.2, 0) is 9.53 Å². The van der Waals surface area contributed by atoms with Crippen molar-refractivity contribution in [2.75, 3.05) is 20.2 Å². The van der Waals surface area contributed by atoms with Gasteiger partial charge in [0.1, 0.15) is 0 Å². The van der Waals surface area contributed by atoms with E-state index in [4.69, 9.17) is 0 Å². The van der Waals surface area contributed by atoms with Gasteiger partial charge in [-0.25, -0.2) is 0 Å². The van der Waals surface area contributed by atoms with E-state index in [-0.39, 0.29) is 18.3 Å². The van der Waals surface area contributed by atoms with Gasteiger partial charge in [0.05, 0.1) is 19.6 Å². The van der Waals surface area contributed by atoms with E-state index < -0.39 is 6.10 Å². The second-order valence-corrected chi connectivity index (χ2v) is 4.12. The quantitative estimate of drug-likeness (QED) is 0.521. The fourth-order valence-corrected chi connectivity index (χ4v) is 1.97. The van der Waals surface area contributed by atoms with Crippen LogP contribution in [0.25, 0.3) is 0 Å². The highest BCUT2D eigenvalue weighted by Crippen LogP contribution is 2.23. The molecule has 1 N–H and O–H groups in total. The summed E-state index contributed by atoms with van der Waals surface area (Å²) in [6, 6.07) is 0. The Morgan fingerprint density at radius 2 is 2.54 bits per heavy atom. The summed E-state index contributed by atoms with van der Waals surface area (Å²) in [6.07, 6.45) is 0.499. The minimum atomic E-state index is -0.557. The van der Waals surface area contributed by atoms with E-state index in [0.717, 1.165) is 19.5 Å². The summed E-state index contributed by atoms with van der Waals surface area (Å²) < 4.78 is 6.56. The first-order valence-electron chi connectivity index (χ1n) is 4.38. The zero-order chi connectivity index (χ0) is 9.84. The van der Waals surface area contributed by atoms with Crippen LogP contribution in [0.3, 0.4) is 0 Å². The topological polar surface area (TPSA) is 49.8 Å². The van der Waals surface area contributed by atoms with Gasteiger partial charge >= 0.3 is 5.97 Å². The molecule has 3 atom stereocenters. The summed E-state index contributed by atoms with van der Waals surface area (Å²) in [4.78, 5) is 10.9. The Morgan fingerprint density at radius 1 is 1.85 bits per heavy atom. The maximum absolute atomic E-state index is 10.9. The van der Waals surface area contributed by atoms with Crippen molar-refractivity contribution < 1.29 is 14.6 Å². The summed E-state index contributed by atoms with van der Waals surface area (Å²) in [5, 5.41) is 9.63. The van der Waals surface area contributed by atoms with Crippen molar-refractivity contribution in [3.8, 4) is 0 Å². The standard InChI is InChI=1S/C8H16NO3P/c1-12-8(11)4-7(10)6-2-3-9(13)5-6/h6-7,10H,2-5,13H2,1H3/t6-,7-/m0/s1. The number of hydrogen-bond acceptors (Lipinski definition) is 4. The molecule has 0 amide bonds. The minimum absolute atomic E-state index is 0.111. The van der Waals surface area contributed by atoms with E-state index >= 15 is 0 Å². The van der Waals surface area contributed by atoms with Gasteiger partial charge in [-0.2, -0.15) is 0 Å². The molecule has 1 unspecified atom stereocenters. The van der Waals surface area contributed by atoms with Gasteiger partial charge in [-0.15, -0.1) is 0 Å². The molecule has 1 aliphatic heterocycles. The summed E-state index contributed by atoms with van der Waals surface area (Å²) in [5.74, 6) is -0.133. The molecule has 76 valence electrons. The van der Waals surface area contributed by atoms with Crippen LogP contribution in [-0.4, -0.2) is 42.0 Å². The lowest BCUT2D eigenvalue weighted by molar-refractivity contribution is -0.143. The number of aliphatic hydroxyl groups excluding tert-OH is 1. The predicted molar refractivity (Wildman–Crippen MR) is 52.0 cm³/mol. The molecule has 0 aromatic heterocycles. The Balaban J connectivity index is 2.31. The Kier molecular flexibility index (Phi) is 4.10. The van der Waals surface area contributed by atoms with Crippen molar-refractivity contribution >= 4 is 15.4 Å². The third-order valence-electron chi connectivity index (χ3n) is 2.40. The van der Waals surface area contributed by atoms with Gasteiger partial charge < -0.3 is 9.84 Å². The smallest absolute Gasteiger partial charge is 0.308 e. The van der Waals surface area contributed by atoms with E-state index in [1.54, 1.807) is 0 Å². The number of aliphatic hydroxyl groups is 1. The van der Waals surface area contributed by atoms with Crippen LogP contribution in [0.1, 0.15) is 12.8 Å². The lowest BCUT2D eigenvalue weighted by Gasteiger charge is -2.16. The van der Waals surface area contributed by atoms with Crippen LogP contribution in [0, 0.1) is 5.92 Å². The first kappa shape index (κ1) is 10.9. The zero-order valence-electron chi connectivity index (χ0n) is 7.77. The molecule has 0 aromatic carbocycles. The molecule has 4 nitrogen and oxygen atoms in total. The molecule has 0 saturated carbocycles. The number of carbonyl (C=O) groups excluding carboxylic acids is 1. The number of hydrogen-bond donors (Lipinski definition) is 1. The molecule has 1 rings (SSSR count). The molecule has 0 spiro atoms. The van der Waals surface area contributed by atoms with Crippen molar-refractivity contribution in [3.63, 3.8) is 0 Å². The molecule has 0 bridgehead atoms. The van der Waals surface area contributed by atoms with E-state index in [0.29, 0.717) is 0 Å². The van der Waals surface area contributed by atoms with Crippen molar-refractivity contribution in [2.45, 2.75) is 18.9 Å². The van der Waals surface area contributed by atoms with Gasteiger partial charge in [0.25, 0.3) is 0 Å². The third-order valence-corrected chi connectivity index (χ3v) is 2.87. The van der Waals surface area contributed by atoms with Gasteiger partial charge in [0.2, 0.25) is 0 Å². The molecule has 0 aliphatic carbocycles. The van der Waals surface area contributed by atoms with Crippen molar-refractivity contribution in [1.82, 2.24) is 4.67 Å². The summed E-state index contributed by atoms with van der Waals surface area (Å²) in [7, 11) is 3.94. The van der Waals surface area contributed by atoms with Crippen LogP contribution >= 0.6 is 9.39 Å². The third kappa shape index (κ3) is 3.22. The molecule has 1 fully saturated rings. The summed E-state index contributed by atoms with van der Waals surface area (Å²) >= 11 is 0. The van der Waals surface area contributed by atoms with Crippen molar-refractivity contribution in [2.24, 2.45) is 5.92 Å². The van der Waals surface area contributed by atoms with Gasteiger partial charge in [-0.3, -0.25) is 9.46 Å². The predicted octanol–water partition coefficient (Wildman–Crippen LogP) is 0.0224. The SMILES string of the molecule is COC(=O)C[C@H](O)[C@H]1CCN(P)C1. The van der Waals surface area contributed by atoms with Crippen molar-refractivity contribution in [3.05, 3.63) is 0 Å². The van der Waals surface area contributed by atoms with E-state index in [1.165, 1.54) is 7.11 Å². The summed E-state index contributed by atoms with van der Waals surface area (Å²) in [6.45, 7) is 1.80. The second kappa shape index (κ2) is 4.89. The monoisotopic (exact) mass is 205 g/mol. The van der Waals surface area contributed by atoms with Crippen molar-refractivity contribution in [1.29, 1.82) is 0 Å². The normalized spacial score (nSPS) is 25.9. The molecule has 1 heterocycles. The first-order chi connectivity index (χ1) is 6.13. The largest absolute Gasteiger partial charge is 0.469 e. The fraction of sp³-hybridized carbons (Fsp3) is 0.875. The van der Waals surface area contributed by atoms with Gasteiger partial charge in [-0.05, 0) is 12.3 Å². The Hall–Kier alpha value is -0.180. The van der Waals surface area contributed by atoms with E-state index in [1.807, 2.05) is 0 Å². The number of methoxy groups -OCH3 is 1. The molecular weight excluding hydrogens is 189 g/mol. The highest BCUT2D eigenvalue weighted by atomic mass is 31.0. The second-order valence-electron chi connectivity index (χ2n) is 3.39. The van der Waals surface area contributed by atoms with E-state index in [2.05, 4.69) is 18.8 Å². The zero-order valence-corrected chi connectivity index (χ0v) is 8.93. The number of esters is 1. The van der Waals surface area contributed by atoms with E-state index in [9.17, 15) is 9.90 Å². The molecular formula is C8H16NO3P. The maximum atomic E-state index is 10.9. The van der Waals surface area contributed by atoms with Gasteiger partial charge in [0.15, 0.2) is 0 Å². The number of carbonyl (C=O) groups is 1. The highest BCUT2D eigenvalue weighted by Gasteiger charge is 2.28. The number of rotatable bonds is 3. The lowest BCUT2D eigenvalue weighted by atomic mass is 9.99. The Labute approximate surface area is 80.5 Å². The van der Waals surface area contributed by atoms with Crippen LogP contribution in [0.5, 0.6) is 0 Å². The Morgan fingerprint density at radius 3 is 3.00 bits per heavy atom. The molecule has 1 aliphatic rings. The fourth-order valence-electron chi connectivity index (χ4n) is 1.55. The van der Waals surface area contributed by atoms with Crippen LogP contribution in [0.4, 0.5) is 0 Å². The van der Waals surface area contributed by atoms with Gasteiger partial charge in [0, 0.05) is 13.1 Å². The lowest BCUT2D eigenvalue weighted by Crippen LogP contribution is -2.25. The number of ether oxygens (including phenoxy) is 1. The average molecular weight is 205 g/mol. The van der Waals surface area contributed by atoms with Gasteiger partial charge in [-0.1, -0.05) is 9.39 Å². The number of nitrogens with zero attached hydrogens (tertiary/aromatic N) is 1. The highest BCUT2D eigenvalue weighted by molar-refractivity contribution is 7.13. The maximum Gasteiger partial charge on any atom is 0.308 e. The average Bonchev–Trinajstić information content (AvgIpc) is 2.51. The van der Waals surface area contributed by atoms with Crippen LogP contribution in [0.15, 0.2) is 0 Å².